The number of amides is 3. The Labute approximate surface area is 137 Å². The maximum atomic E-state index is 11.7. The molecule has 8 heteroatoms. The average Bonchev–Trinajstić information content (AvgIpc) is 2.46. The van der Waals surface area contributed by atoms with E-state index in [1.54, 1.807) is 31.2 Å². The fourth-order valence-corrected chi connectivity index (χ4v) is 2.18. The van der Waals surface area contributed by atoms with Crippen LogP contribution in [-0.2, 0) is 14.3 Å². The van der Waals surface area contributed by atoms with Crippen molar-refractivity contribution in [3.8, 4) is 0 Å². The Morgan fingerprint density at radius 3 is 2.50 bits per heavy atom. The molecule has 0 heterocycles. The summed E-state index contributed by atoms with van der Waals surface area (Å²) in [5.74, 6) is -1.16. The van der Waals surface area contributed by atoms with Gasteiger partial charge in [0.1, 0.15) is 0 Å². The number of nitrogens with one attached hydrogen (secondary N) is 2. The molecular weight excluding hydrogens is 328 g/mol. The lowest BCUT2D eigenvalue weighted by Gasteiger charge is -2.12. The van der Waals surface area contributed by atoms with Crippen LogP contribution in [0.4, 0.5) is 4.79 Å². The summed E-state index contributed by atoms with van der Waals surface area (Å²) < 4.78 is 4.96. The number of thioether (sulfide) groups is 1. The fourth-order valence-electron chi connectivity index (χ4n) is 1.38. The number of esters is 1. The van der Waals surface area contributed by atoms with Crippen molar-refractivity contribution in [3.05, 3.63) is 29.3 Å². The summed E-state index contributed by atoms with van der Waals surface area (Å²) in [4.78, 5) is 35.3. The first-order valence-corrected chi connectivity index (χ1v) is 7.95. The Bertz CT molecular complexity index is 536. The summed E-state index contributed by atoms with van der Waals surface area (Å²) in [7, 11) is 0. The standard InChI is InChI=1S/C14H17ClN2O4S/c1-3-16-14(20)17-13(19)9(2)21-12(18)8-22-11-6-4-10(15)5-7-11/h4-7,9H,3,8H2,1-2H3,(H2,16,17,19,20). The molecule has 1 unspecified atom stereocenters. The molecule has 0 aliphatic rings. The minimum Gasteiger partial charge on any atom is -0.452 e. The molecule has 22 heavy (non-hydrogen) atoms. The monoisotopic (exact) mass is 344 g/mol. The number of carbonyl (C=O) groups excluding carboxylic acids is 3. The molecule has 1 aromatic rings. The van der Waals surface area contributed by atoms with Crippen LogP contribution >= 0.6 is 23.4 Å². The molecule has 0 bridgehead atoms. The summed E-state index contributed by atoms with van der Waals surface area (Å²) in [6, 6.07) is 6.39. The fraction of sp³-hybridized carbons (Fsp3) is 0.357. The van der Waals surface area contributed by atoms with Gasteiger partial charge in [0.25, 0.3) is 5.91 Å². The first-order valence-electron chi connectivity index (χ1n) is 6.59. The summed E-state index contributed by atoms with van der Waals surface area (Å²) >= 11 is 7.03. The van der Waals surface area contributed by atoms with Crippen molar-refractivity contribution in [2.75, 3.05) is 12.3 Å². The van der Waals surface area contributed by atoms with Crippen LogP contribution in [0.25, 0.3) is 0 Å². The van der Waals surface area contributed by atoms with E-state index in [9.17, 15) is 14.4 Å². The molecule has 0 aliphatic carbocycles. The number of hydrogen-bond donors (Lipinski definition) is 2. The number of benzene rings is 1. The molecule has 0 spiro atoms. The Morgan fingerprint density at radius 2 is 1.91 bits per heavy atom. The van der Waals surface area contributed by atoms with Crippen LogP contribution in [0.5, 0.6) is 0 Å². The second-order valence-corrected chi connectivity index (χ2v) is 5.71. The summed E-state index contributed by atoms with van der Waals surface area (Å²) in [6.07, 6.45) is -1.04. The minimum atomic E-state index is -1.04. The molecule has 1 rings (SSSR count). The van der Waals surface area contributed by atoms with Gasteiger partial charge in [-0.3, -0.25) is 14.9 Å². The summed E-state index contributed by atoms with van der Waals surface area (Å²) in [6.45, 7) is 3.52. The molecular formula is C14H17ClN2O4S. The predicted octanol–water partition coefficient (Wildman–Crippen LogP) is 2.21. The molecule has 0 aliphatic heterocycles. The topological polar surface area (TPSA) is 84.5 Å². The van der Waals surface area contributed by atoms with Crippen molar-refractivity contribution in [3.63, 3.8) is 0 Å². The van der Waals surface area contributed by atoms with E-state index in [1.807, 2.05) is 0 Å². The van der Waals surface area contributed by atoms with Crippen molar-refractivity contribution in [2.45, 2.75) is 24.8 Å². The van der Waals surface area contributed by atoms with Gasteiger partial charge in [0.2, 0.25) is 0 Å². The summed E-state index contributed by atoms with van der Waals surface area (Å²) in [5.41, 5.74) is 0. The molecule has 0 saturated carbocycles. The lowest BCUT2D eigenvalue weighted by atomic mass is 10.4. The van der Waals surface area contributed by atoms with Gasteiger partial charge in [0.05, 0.1) is 5.75 Å². The molecule has 1 atom stereocenters. The molecule has 0 saturated heterocycles. The predicted molar refractivity (Wildman–Crippen MR) is 84.9 cm³/mol. The van der Waals surface area contributed by atoms with E-state index in [-0.39, 0.29) is 5.75 Å². The van der Waals surface area contributed by atoms with E-state index in [2.05, 4.69) is 10.6 Å². The Balaban J connectivity index is 2.35. The van der Waals surface area contributed by atoms with Crippen molar-refractivity contribution < 1.29 is 19.1 Å². The van der Waals surface area contributed by atoms with E-state index in [4.69, 9.17) is 16.3 Å². The third-order valence-electron chi connectivity index (χ3n) is 2.42. The second-order valence-electron chi connectivity index (χ2n) is 4.22. The maximum absolute atomic E-state index is 11.7. The Hall–Kier alpha value is -1.73. The van der Waals surface area contributed by atoms with Crippen LogP contribution in [0.15, 0.2) is 29.2 Å². The number of imide groups is 1. The van der Waals surface area contributed by atoms with Gasteiger partial charge in [0, 0.05) is 16.5 Å². The smallest absolute Gasteiger partial charge is 0.321 e. The number of rotatable bonds is 6. The van der Waals surface area contributed by atoms with Crippen LogP contribution in [0.2, 0.25) is 5.02 Å². The van der Waals surface area contributed by atoms with Gasteiger partial charge in [-0.15, -0.1) is 11.8 Å². The largest absolute Gasteiger partial charge is 0.452 e. The van der Waals surface area contributed by atoms with Crippen LogP contribution in [-0.4, -0.2) is 36.3 Å². The summed E-state index contributed by atoms with van der Waals surface area (Å²) in [5, 5.41) is 5.10. The first-order chi connectivity index (χ1) is 10.4. The SMILES string of the molecule is CCNC(=O)NC(=O)C(C)OC(=O)CSc1ccc(Cl)cc1. The van der Waals surface area contributed by atoms with Crippen molar-refractivity contribution in [2.24, 2.45) is 0 Å². The van der Waals surface area contributed by atoms with E-state index < -0.39 is 24.0 Å². The van der Waals surface area contributed by atoms with Crippen LogP contribution in [0, 0.1) is 0 Å². The Morgan fingerprint density at radius 1 is 1.27 bits per heavy atom. The third kappa shape index (κ3) is 6.82. The van der Waals surface area contributed by atoms with E-state index >= 15 is 0 Å². The number of ether oxygens (including phenoxy) is 1. The molecule has 1 aromatic carbocycles. The van der Waals surface area contributed by atoms with Gasteiger partial charge in [-0.2, -0.15) is 0 Å². The molecule has 120 valence electrons. The van der Waals surface area contributed by atoms with Gasteiger partial charge < -0.3 is 10.1 Å². The normalized spacial score (nSPS) is 11.4. The van der Waals surface area contributed by atoms with Crippen molar-refractivity contribution in [1.82, 2.24) is 10.6 Å². The number of halogens is 1. The van der Waals surface area contributed by atoms with Gasteiger partial charge in [-0.25, -0.2) is 4.79 Å². The number of carbonyl (C=O) groups is 3. The minimum absolute atomic E-state index is 0.0560. The number of urea groups is 1. The third-order valence-corrected chi connectivity index (χ3v) is 3.66. The zero-order chi connectivity index (χ0) is 16.5. The highest BCUT2D eigenvalue weighted by atomic mass is 35.5. The van der Waals surface area contributed by atoms with Crippen LogP contribution < -0.4 is 10.6 Å². The highest BCUT2D eigenvalue weighted by molar-refractivity contribution is 8.00. The van der Waals surface area contributed by atoms with Crippen molar-refractivity contribution in [1.29, 1.82) is 0 Å². The maximum Gasteiger partial charge on any atom is 0.321 e. The number of hydrogen-bond acceptors (Lipinski definition) is 5. The molecule has 6 nitrogen and oxygen atoms in total. The second kappa shape index (κ2) is 9.32. The molecule has 3 amide bonds. The first kappa shape index (κ1) is 18.3. The molecule has 2 N–H and O–H groups in total. The van der Waals surface area contributed by atoms with Gasteiger partial charge in [-0.05, 0) is 38.1 Å². The highest BCUT2D eigenvalue weighted by Gasteiger charge is 2.19. The highest BCUT2D eigenvalue weighted by Crippen LogP contribution is 2.20. The zero-order valence-electron chi connectivity index (χ0n) is 12.2. The molecule has 0 fully saturated rings. The molecule has 0 aromatic heterocycles. The molecule has 0 radical (unpaired) electrons. The van der Waals surface area contributed by atoms with Gasteiger partial charge in [-0.1, -0.05) is 11.6 Å². The van der Waals surface area contributed by atoms with E-state index in [0.717, 1.165) is 4.90 Å². The van der Waals surface area contributed by atoms with Crippen molar-refractivity contribution >= 4 is 41.3 Å². The average molecular weight is 345 g/mol. The quantitative estimate of drug-likeness (QED) is 0.610. The van der Waals surface area contributed by atoms with Gasteiger partial charge in [0.15, 0.2) is 6.10 Å². The lowest BCUT2D eigenvalue weighted by molar-refractivity contribution is -0.151. The van der Waals surface area contributed by atoms with E-state index in [1.165, 1.54) is 18.7 Å². The zero-order valence-corrected chi connectivity index (χ0v) is 13.8. The van der Waals surface area contributed by atoms with Gasteiger partial charge >= 0.3 is 12.0 Å². The van der Waals surface area contributed by atoms with Crippen LogP contribution in [0.3, 0.4) is 0 Å². The lowest BCUT2D eigenvalue weighted by Crippen LogP contribution is -2.44. The van der Waals surface area contributed by atoms with E-state index in [0.29, 0.717) is 11.6 Å². The van der Waals surface area contributed by atoms with Crippen LogP contribution in [0.1, 0.15) is 13.8 Å². The Kier molecular flexibility index (Phi) is 7.76.